The standard InChI is InChI=1S/C16H23ClO3/c1-6-19-15(18)8-13-12(5)16(17)11(4)7-14(13)20-9-10(2)3/h7,10H,6,8-9H2,1-5H3. The van der Waals surface area contributed by atoms with Gasteiger partial charge in [0.2, 0.25) is 0 Å². The number of hydrogen-bond acceptors (Lipinski definition) is 3. The summed E-state index contributed by atoms with van der Waals surface area (Å²) in [6.07, 6.45) is 0.188. The molecule has 112 valence electrons. The number of carbonyl (C=O) groups excluding carboxylic acids is 1. The largest absolute Gasteiger partial charge is 0.493 e. The Hall–Kier alpha value is -1.22. The molecule has 1 aromatic carbocycles. The van der Waals surface area contributed by atoms with Crippen LogP contribution in [0.5, 0.6) is 5.75 Å². The van der Waals surface area contributed by atoms with E-state index < -0.39 is 0 Å². The zero-order chi connectivity index (χ0) is 15.3. The van der Waals surface area contributed by atoms with Crippen molar-refractivity contribution in [1.82, 2.24) is 0 Å². The van der Waals surface area contributed by atoms with Gasteiger partial charge in [-0.3, -0.25) is 4.79 Å². The van der Waals surface area contributed by atoms with E-state index in [2.05, 4.69) is 13.8 Å². The molecule has 0 unspecified atom stereocenters. The summed E-state index contributed by atoms with van der Waals surface area (Å²) in [5.74, 6) is 0.887. The van der Waals surface area contributed by atoms with Gasteiger partial charge >= 0.3 is 5.97 Å². The highest BCUT2D eigenvalue weighted by Gasteiger charge is 2.17. The van der Waals surface area contributed by atoms with Gasteiger partial charge in [-0.2, -0.15) is 0 Å². The van der Waals surface area contributed by atoms with E-state index in [4.69, 9.17) is 21.1 Å². The third kappa shape index (κ3) is 4.41. The molecule has 1 rings (SSSR count). The van der Waals surface area contributed by atoms with Crippen molar-refractivity contribution in [2.75, 3.05) is 13.2 Å². The van der Waals surface area contributed by atoms with Crippen LogP contribution in [0.4, 0.5) is 0 Å². The SMILES string of the molecule is CCOC(=O)Cc1c(OCC(C)C)cc(C)c(Cl)c1C. The average molecular weight is 299 g/mol. The van der Waals surface area contributed by atoms with Crippen molar-refractivity contribution in [3.63, 3.8) is 0 Å². The summed E-state index contributed by atoms with van der Waals surface area (Å²) in [5, 5.41) is 0.682. The van der Waals surface area contributed by atoms with Gasteiger partial charge in [0.25, 0.3) is 0 Å². The molecule has 1 aromatic rings. The normalized spacial score (nSPS) is 10.8. The topological polar surface area (TPSA) is 35.5 Å². The van der Waals surface area contributed by atoms with E-state index in [9.17, 15) is 4.79 Å². The van der Waals surface area contributed by atoms with E-state index in [1.54, 1.807) is 6.92 Å². The number of esters is 1. The Morgan fingerprint density at radius 2 is 2.00 bits per heavy atom. The summed E-state index contributed by atoms with van der Waals surface area (Å²) < 4.78 is 10.8. The van der Waals surface area contributed by atoms with E-state index in [-0.39, 0.29) is 12.4 Å². The van der Waals surface area contributed by atoms with Crippen LogP contribution in [0.3, 0.4) is 0 Å². The number of halogens is 1. The minimum atomic E-state index is -0.259. The number of aryl methyl sites for hydroxylation is 1. The van der Waals surface area contributed by atoms with Crippen LogP contribution in [0.1, 0.15) is 37.5 Å². The van der Waals surface area contributed by atoms with Gasteiger partial charge in [0.15, 0.2) is 0 Å². The molecule has 0 atom stereocenters. The second-order valence-electron chi connectivity index (χ2n) is 5.30. The molecule has 0 aliphatic heterocycles. The Morgan fingerprint density at radius 3 is 2.55 bits per heavy atom. The van der Waals surface area contributed by atoms with Crippen LogP contribution in [-0.4, -0.2) is 19.2 Å². The molecule has 0 aliphatic rings. The van der Waals surface area contributed by atoms with Crippen molar-refractivity contribution in [3.8, 4) is 5.75 Å². The zero-order valence-corrected chi connectivity index (χ0v) is 13.6. The van der Waals surface area contributed by atoms with Crippen LogP contribution in [-0.2, 0) is 16.0 Å². The van der Waals surface area contributed by atoms with Crippen molar-refractivity contribution in [1.29, 1.82) is 0 Å². The maximum absolute atomic E-state index is 11.7. The predicted octanol–water partition coefficient (Wildman–Crippen LogP) is 4.10. The fraction of sp³-hybridized carbons (Fsp3) is 0.562. The Balaban J connectivity index is 3.09. The van der Waals surface area contributed by atoms with Gasteiger partial charge < -0.3 is 9.47 Å². The first kappa shape index (κ1) is 16.8. The summed E-state index contributed by atoms with van der Waals surface area (Å²) in [5.41, 5.74) is 2.66. The molecule has 3 nitrogen and oxygen atoms in total. The lowest BCUT2D eigenvalue weighted by Gasteiger charge is -2.17. The van der Waals surface area contributed by atoms with E-state index in [0.29, 0.717) is 24.2 Å². The number of benzene rings is 1. The molecule has 0 saturated carbocycles. The zero-order valence-electron chi connectivity index (χ0n) is 12.9. The Labute approximate surface area is 126 Å². The molecule has 0 aromatic heterocycles. The van der Waals surface area contributed by atoms with Crippen molar-refractivity contribution < 1.29 is 14.3 Å². The smallest absolute Gasteiger partial charge is 0.310 e. The number of ether oxygens (including phenoxy) is 2. The monoisotopic (exact) mass is 298 g/mol. The molecule has 4 heteroatoms. The van der Waals surface area contributed by atoms with Gasteiger partial charge in [0, 0.05) is 10.6 Å². The summed E-state index contributed by atoms with van der Waals surface area (Å²) in [6.45, 7) is 10.8. The van der Waals surface area contributed by atoms with E-state index >= 15 is 0 Å². The fourth-order valence-corrected chi connectivity index (χ4v) is 2.09. The Morgan fingerprint density at radius 1 is 1.35 bits per heavy atom. The minimum Gasteiger partial charge on any atom is -0.493 e. The predicted molar refractivity (Wildman–Crippen MR) is 81.6 cm³/mol. The molecule has 0 amide bonds. The highest BCUT2D eigenvalue weighted by Crippen LogP contribution is 2.32. The van der Waals surface area contributed by atoms with Crippen molar-refractivity contribution in [3.05, 3.63) is 27.8 Å². The molecule has 0 saturated heterocycles. The van der Waals surface area contributed by atoms with Gasteiger partial charge in [-0.25, -0.2) is 0 Å². The summed E-state index contributed by atoms with van der Waals surface area (Å²) in [4.78, 5) is 11.7. The maximum Gasteiger partial charge on any atom is 0.310 e. The minimum absolute atomic E-state index is 0.188. The molecule has 0 spiro atoms. The number of carbonyl (C=O) groups is 1. The first-order chi connectivity index (χ1) is 9.36. The lowest BCUT2D eigenvalue weighted by Crippen LogP contribution is -2.12. The van der Waals surface area contributed by atoms with Crippen molar-refractivity contribution in [2.24, 2.45) is 5.92 Å². The van der Waals surface area contributed by atoms with Crippen LogP contribution in [0.15, 0.2) is 6.07 Å². The van der Waals surface area contributed by atoms with Crippen LogP contribution in [0.25, 0.3) is 0 Å². The Bertz CT molecular complexity index is 481. The lowest BCUT2D eigenvalue weighted by atomic mass is 10.0. The fourth-order valence-electron chi connectivity index (χ4n) is 1.92. The Kier molecular flexibility index (Phi) is 6.34. The van der Waals surface area contributed by atoms with Crippen molar-refractivity contribution in [2.45, 2.75) is 41.0 Å². The summed E-state index contributed by atoms with van der Waals surface area (Å²) in [7, 11) is 0. The van der Waals surface area contributed by atoms with Gasteiger partial charge in [-0.15, -0.1) is 0 Å². The van der Waals surface area contributed by atoms with E-state index in [1.807, 2.05) is 19.9 Å². The highest BCUT2D eigenvalue weighted by atomic mass is 35.5. The van der Waals surface area contributed by atoms with Gasteiger partial charge in [0.05, 0.1) is 19.6 Å². The van der Waals surface area contributed by atoms with Gasteiger partial charge in [0.1, 0.15) is 5.75 Å². The number of rotatable bonds is 6. The second kappa shape index (κ2) is 7.53. The van der Waals surface area contributed by atoms with Crippen LogP contribution in [0.2, 0.25) is 5.02 Å². The average Bonchev–Trinajstić information content (AvgIpc) is 2.37. The molecular formula is C16H23ClO3. The molecule has 0 N–H and O–H groups in total. The number of hydrogen-bond donors (Lipinski definition) is 0. The van der Waals surface area contributed by atoms with Crippen molar-refractivity contribution >= 4 is 17.6 Å². The molecule has 0 bridgehead atoms. The first-order valence-electron chi connectivity index (χ1n) is 6.93. The molecule has 0 aliphatic carbocycles. The molecular weight excluding hydrogens is 276 g/mol. The first-order valence-corrected chi connectivity index (χ1v) is 7.31. The molecule has 0 radical (unpaired) electrons. The van der Waals surface area contributed by atoms with Gasteiger partial charge in [-0.1, -0.05) is 25.4 Å². The summed E-state index contributed by atoms with van der Waals surface area (Å²) >= 11 is 6.27. The third-order valence-electron chi connectivity index (χ3n) is 2.97. The highest BCUT2D eigenvalue weighted by molar-refractivity contribution is 6.32. The third-order valence-corrected chi connectivity index (χ3v) is 3.55. The van der Waals surface area contributed by atoms with Crippen LogP contribution < -0.4 is 4.74 Å². The quantitative estimate of drug-likeness (QED) is 0.742. The van der Waals surface area contributed by atoms with Crippen LogP contribution in [0, 0.1) is 19.8 Å². The van der Waals surface area contributed by atoms with Gasteiger partial charge in [-0.05, 0) is 43.9 Å². The maximum atomic E-state index is 11.7. The summed E-state index contributed by atoms with van der Waals surface area (Å²) in [6, 6.07) is 1.90. The van der Waals surface area contributed by atoms with Crippen LogP contribution >= 0.6 is 11.6 Å². The molecule has 0 heterocycles. The second-order valence-corrected chi connectivity index (χ2v) is 5.67. The van der Waals surface area contributed by atoms with E-state index in [1.165, 1.54) is 0 Å². The molecule has 20 heavy (non-hydrogen) atoms. The molecule has 0 fully saturated rings. The van der Waals surface area contributed by atoms with E-state index in [0.717, 1.165) is 22.4 Å². The lowest BCUT2D eigenvalue weighted by molar-refractivity contribution is -0.142.